The van der Waals surface area contributed by atoms with Gasteiger partial charge in [-0.2, -0.15) is 0 Å². The van der Waals surface area contributed by atoms with Crippen LogP contribution >= 0.6 is 11.6 Å². The molecule has 2 aromatic rings. The quantitative estimate of drug-likeness (QED) is 0.931. The minimum absolute atomic E-state index is 0.165. The van der Waals surface area contributed by atoms with Crippen LogP contribution in [-0.2, 0) is 10.0 Å². The molecule has 0 radical (unpaired) electrons. The van der Waals surface area contributed by atoms with Crippen LogP contribution in [0.2, 0.25) is 5.02 Å². The number of rotatable bonds is 3. The molecule has 1 aliphatic rings. The number of anilines is 1. The average molecular weight is 340 g/mol. The predicted molar refractivity (Wildman–Crippen MR) is 84.3 cm³/mol. The summed E-state index contributed by atoms with van der Waals surface area (Å²) in [5.41, 5.74) is 0.259. The Kier molecular flexibility index (Phi) is 4.13. The Hall–Kier alpha value is -1.92. The molecule has 0 saturated carbocycles. The van der Waals surface area contributed by atoms with Gasteiger partial charge in [-0.05, 0) is 12.1 Å². The number of hydrogen-bond acceptors (Lipinski definition) is 4. The van der Waals surface area contributed by atoms with Crippen LogP contribution in [0.1, 0.15) is 6.42 Å². The van der Waals surface area contributed by atoms with Crippen LogP contribution in [0, 0.1) is 0 Å². The van der Waals surface area contributed by atoms with Crippen LogP contribution in [-0.4, -0.2) is 21.6 Å². The van der Waals surface area contributed by atoms with Gasteiger partial charge in [0, 0.05) is 18.6 Å². The summed E-state index contributed by atoms with van der Waals surface area (Å²) in [6, 6.07) is 11.2. The Morgan fingerprint density at radius 3 is 2.32 bits per heavy atom. The molecule has 3 rings (SSSR count). The lowest BCUT2D eigenvalue weighted by Crippen LogP contribution is -2.13. The fourth-order valence-corrected chi connectivity index (χ4v) is 3.41. The first-order chi connectivity index (χ1) is 10.6. The van der Waals surface area contributed by atoms with Gasteiger partial charge in [0.05, 0.1) is 28.8 Å². The van der Waals surface area contributed by atoms with Gasteiger partial charge < -0.3 is 9.47 Å². The van der Waals surface area contributed by atoms with E-state index in [2.05, 4.69) is 4.72 Å². The van der Waals surface area contributed by atoms with Crippen LogP contribution in [0.25, 0.3) is 0 Å². The lowest BCUT2D eigenvalue weighted by Gasteiger charge is -2.13. The molecule has 1 heterocycles. The number of halogens is 1. The number of benzene rings is 2. The highest BCUT2D eigenvalue weighted by Gasteiger charge is 2.19. The number of sulfonamides is 1. The zero-order chi connectivity index (χ0) is 15.6. The number of hydrogen-bond donors (Lipinski definition) is 1. The van der Waals surface area contributed by atoms with Crippen molar-refractivity contribution in [3.8, 4) is 11.5 Å². The Labute approximate surface area is 133 Å². The number of fused-ring (bicyclic) bond motifs is 1. The van der Waals surface area contributed by atoms with Gasteiger partial charge in [0.1, 0.15) is 0 Å². The molecule has 0 fully saturated rings. The molecular weight excluding hydrogens is 326 g/mol. The molecule has 0 bridgehead atoms. The first-order valence-electron chi connectivity index (χ1n) is 6.73. The van der Waals surface area contributed by atoms with E-state index in [9.17, 15) is 8.42 Å². The second-order valence-corrected chi connectivity index (χ2v) is 6.84. The first-order valence-corrected chi connectivity index (χ1v) is 8.59. The summed E-state index contributed by atoms with van der Waals surface area (Å²) < 4.78 is 38.2. The van der Waals surface area contributed by atoms with Gasteiger partial charge in [-0.3, -0.25) is 4.72 Å². The normalized spacial score (nSPS) is 14.2. The summed E-state index contributed by atoms with van der Waals surface area (Å²) >= 11 is 6.15. The van der Waals surface area contributed by atoms with Crippen molar-refractivity contribution in [1.29, 1.82) is 0 Å². The van der Waals surface area contributed by atoms with Crippen molar-refractivity contribution in [2.45, 2.75) is 11.3 Å². The van der Waals surface area contributed by atoms with E-state index in [1.54, 1.807) is 30.3 Å². The van der Waals surface area contributed by atoms with Gasteiger partial charge >= 0.3 is 0 Å². The summed E-state index contributed by atoms with van der Waals surface area (Å²) in [4.78, 5) is 0.165. The van der Waals surface area contributed by atoms with E-state index in [4.69, 9.17) is 21.1 Å². The minimum Gasteiger partial charge on any atom is -0.490 e. The largest absolute Gasteiger partial charge is 0.490 e. The van der Waals surface area contributed by atoms with Crippen molar-refractivity contribution in [3.63, 3.8) is 0 Å². The number of ether oxygens (including phenoxy) is 2. The van der Waals surface area contributed by atoms with E-state index in [0.717, 1.165) is 6.42 Å². The average Bonchev–Trinajstić information content (AvgIpc) is 2.73. The minimum atomic E-state index is -3.70. The maximum atomic E-state index is 12.3. The fraction of sp³-hybridized carbons (Fsp3) is 0.200. The van der Waals surface area contributed by atoms with Crippen molar-refractivity contribution >= 4 is 27.3 Å². The van der Waals surface area contributed by atoms with Crippen LogP contribution < -0.4 is 14.2 Å². The third-order valence-corrected chi connectivity index (χ3v) is 4.83. The van der Waals surface area contributed by atoms with E-state index < -0.39 is 10.0 Å². The molecule has 0 aliphatic carbocycles. The molecule has 0 spiro atoms. The zero-order valence-corrected chi connectivity index (χ0v) is 13.2. The summed E-state index contributed by atoms with van der Waals surface area (Å²) in [6.45, 7) is 1.05. The van der Waals surface area contributed by atoms with Crippen LogP contribution in [0.5, 0.6) is 11.5 Å². The lowest BCUT2D eigenvalue weighted by molar-refractivity contribution is 0.297. The molecule has 0 atom stereocenters. The van der Waals surface area contributed by atoms with E-state index in [1.807, 2.05) is 0 Å². The highest BCUT2D eigenvalue weighted by atomic mass is 35.5. The van der Waals surface area contributed by atoms with Crippen molar-refractivity contribution in [3.05, 3.63) is 47.5 Å². The summed E-state index contributed by atoms with van der Waals surface area (Å²) in [5.74, 6) is 0.998. The van der Waals surface area contributed by atoms with Gasteiger partial charge in [-0.25, -0.2) is 8.42 Å². The summed E-state index contributed by atoms with van der Waals surface area (Å²) in [6.07, 6.45) is 0.761. The SMILES string of the molecule is O=S(=O)(Nc1cc2c(cc1Cl)OCCCO2)c1ccccc1. The predicted octanol–water partition coefficient (Wildman–Crippen LogP) is 3.30. The Morgan fingerprint density at radius 1 is 1.00 bits per heavy atom. The fourth-order valence-electron chi connectivity index (χ4n) is 2.07. The molecule has 116 valence electrons. The topological polar surface area (TPSA) is 64.6 Å². The van der Waals surface area contributed by atoms with E-state index >= 15 is 0 Å². The van der Waals surface area contributed by atoms with E-state index in [-0.39, 0.29) is 15.6 Å². The maximum Gasteiger partial charge on any atom is 0.261 e. The molecule has 7 heteroatoms. The first kappa shape index (κ1) is 15.0. The highest BCUT2D eigenvalue weighted by molar-refractivity contribution is 7.92. The van der Waals surface area contributed by atoms with Crippen molar-refractivity contribution in [2.24, 2.45) is 0 Å². The Bertz CT molecular complexity index is 778. The molecule has 5 nitrogen and oxygen atoms in total. The molecule has 0 aromatic heterocycles. The molecule has 22 heavy (non-hydrogen) atoms. The molecular formula is C15H14ClNO4S. The van der Waals surface area contributed by atoms with Crippen LogP contribution in [0.15, 0.2) is 47.4 Å². The van der Waals surface area contributed by atoms with Crippen molar-refractivity contribution in [1.82, 2.24) is 0 Å². The van der Waals surface area contributed by atoms with E-state index in [1.165, 1.54) is 12.1 Å². The van der Waals surface area contributed by atoms with Gasteiger partial charge in [0.15, 0.2) is 11.5 Å². The molecule has 0 amide bonds. The molecule has 2 aromatic carbocycles. The zero-order valence-electron chi connectivity index (χ0n) is 11.6. The van der Waals surface area contributed by atoms with Crippen molar-refractivity contribution < 1.29 is 17.9 Å². The monoisotopic (exact) mass is 339 g/mol. The second-order valence-electron chi connectivity index (χ2n) is 4.75. The van der Waals surface area contributed by atoms with Gasteiger partial charge in [-0.15, -0.1) is 0 Å². The van der Waals surface area contributed by atoms with Gasteiger partial charge in [0.2, 0.25) is 0 Å². The standard InChI is InChI=1S/C15H14ClNO4S/c16-12-9-14-15(21-8-4-7-20-14)10-13(12)17-22(18,19)11-5-2-1-3-6-11/h1-3,5-6,9-10,17H,4,7-8H2. The summed E-state index contributed by atoms with van der Waals surface area (Å²) in [5, 5.41) is 0.253. The number of nitrogens with one attached hydrogen (secondary N) is 1. The summed E-state index contributed by atoms with van der Waals surface area (Å²) in [7, 11) is -3.70. The Balaban J connectivity index is 1.94. The second kappa shape index (κ2) is 6.06. The maximum absolute atomic E-state index is 12.3. The van der Waals surface area contributed by atoms with Gasteiger partial charge in [-0.1, -0.05) is 29.8 Å². The van der Waals surface area contributed by atoms with Crippen LogP contribution in [0.3, 0.4) is 0 Å². The van der Waals surface area contributed by atoms with Crippen LogP contribution in [0.4, 0.5) is 5.69 Å². The highest BCUT2D eigenvalue weighted by Crippen LogP contribution is 2.38. The Morgan fingerprint density at radius 2 is 1.64 bits per heavy atom. The third-order valence-electron chi connectivity index (χ3n) is 3.14. The molecule has 0 unspecified atom stereocenters. The molecule has 0 saturated heterocycles. The van der Waals surface area contributed by atoms with Gasteiger partial charge in [0.25, 0.3) is 10.0 Å². The molecule has 1 N–H and O–H groups in total. The third kappa shape index (κ3) is 3.13. The lowest BCUT2D eigenvalue weighted by atomic mass is 10.3. The molecule has 1 aliphatic heterocycles. The smallest absolute Gasteiger partial charge is 0.261 e. The van der Waals surface area contributed by atoms with E-state index in [0.29, 0.717) is 24.7 Å². The van der Waals surface area contributed by atoms with Crippen molar-refractivity contribution in [2.75, 3.05) is 17.9 Å².